The van der Waals surface area contributed by atoms with Gasteiger partial charge in [0.15, 0.2) is 0 Å². The summed E-state index contributed by atoms with van der Waals surface area (Å²) in [5, 5.41) is -0.299. The Balaban J connectivity index is 4.15. The Hall–Kier alpha value is 0.140. The van der Waals surface area contributed by atoms with E-state index in [1.165, 1.54) is 0 Å². The van der Waals surface area contributed by atoms with Crippen LogP contribution in [0.2, 0.25) is 0 Å². The van der Waals surface area contributed by atoms with Gasteiger partial charge in [-0.25, -0.2) is 4.39 Å². The van der Waals surface area contributed by atoms with Crippen molar-refractivity contribution in [2.45, 2.75) is 31.2 Å². The number of halogens is 2. The first kappa shape index (κ1) is 10.1. The van der Waals surface area contributed by atoms with Gasteiger partial charge < -0.3 is 0 Å². The highest BCUT2D eigenvalue weighted by Crippen LogP contribution is 2.19. The molecule has 0 spiro atoms. The quantitative estimate of drug-likeness (QED) is 0.376. The molecule has 0 aliphatic rings. The van der Waals surface area contributed by atoms with Crippen LogP contribution in [0.15, 0.2) is 0 Å². The molecule has 0 aliphatic heterocycles. The monoisotopic (exact) mass is 168 g/mol. The van der Waals surface area contributed by atoms with E-state index in [0.717, 1.165) is 0 Å². The van der Waals surface area contributed by atoms with Crippen LogP contribution in [0.3, 0.4) is 0 Å². The number of hydrogen-bond donors (Lipinski definition) is 2. The highest BCUT2D eigenvalue weighted by atomic mass is 35.5. The number of hydrogen-bond acceptors (Lipinski definition) is 2. The van der Waals surface area contributed by atoms with Gasteiger partial charge >= 0.3 is 0 Å². The summed E-state index contributed by atoms with van der Waals surface area (Å²) in [5.74, 6) is 5.16. The van der Waals surface area contributed by atoms with E-state index in [2.05, 4.69) is 5.43 Å². The fraction of sp³-hybridized carbons (Fsp3) is 1.00. The van der Waals surface area contributed by atoms with E-state index in [-0.39, 0.29) is 5.38 Å². The van der Waals surface area contributed by atoms with Crippen LogP contribution in [-0.4, -0.2) is 17.6 Å². The van der Waals surface area contributed by atoms with E-state index in [9.17, 15) is 4.39 Å². The Kier molecular flexibility index (Phi) is 4.17. The highest BCUT2D eigenvalue weighted by Gasteiger charge is 2.32. The highest BCUT2D eigenvalue weighted by molar-refractivity contribution is 6.21. The second-order valence-corrected chi connectivity index (χ2v) is 3.06. The molecule has 2 atom stereocenters. The minimum atomic E-state index is -0.748. The van der Waals surface area contributed by atoms with Gasteiger partial charge in [-0.1, -0.05) is 6.92 Å². The summed E-state index contributed by atoms with van der Waals surface area (Å²) >= 11 is 5.72. The van der Waals surface area contributed by atoms with Crippen LogP contribution in [0.4, 0.5) is 4.39 Å². The lowest BCUT2D eigenvalue weighted by Gasteiger charge is -2.31. The van der Waals surface area contributed by atoms with Crippen molar-refractivity contribution in [3.8, 4) is 0 Å². The predicted molar refractivity (Wildman–Crippen MR) is 41.6 cm³/mol. The van der Waals surface area contributed by atoms with Gasteiger partial charge in [0.2, 0.25) is 0 Å². The molecule has 0 radical (unpaired) electrons. The average Bonchev–Trinajstić information content (AvgIpc) is 1.92. The van der Waals surface area contributed by atoms with E-state index in [1.807, 2.05) is 6.92 Å². The van der Waals surface area contributed by atoms with Gasteiger partial charge in [0.1, 0.15) is 6.67 Å². The van der Waals surface area contributed by atoms with Gasteiger partial charge in [-0.3, -0.25) is 11.3 Å². The van der Waals surface area contributed by atoms with Crippen molar-refractivity contribution >= 4 is 11.6 Å². The molecule has 0 heterocycles. The van der Waals surface area contributed by atoms with Gasteiger partial charge in [-0.05, 0) is 13.3 Å². The molecule has 4 heteroatoms. The Bertz CT molecular complexity index is 85.5. The fourth-order valence-electron chi connectivity index (χ4n) is 0.738. The Morgan fingerprint density at radius 1 is 1.80 bits per heavy atom. The lowest BCUT2D eigenvalue weighted by molar-refractivity contribution is 0.235. The number of rotatable bonds is 4. The molecule has 0 amide bonds. The second kappa shape index (κ2) is 4.11. The first-order chi connectivity index (χ1) is 4.63. The van der Waals surface area contributed by atoms with Gasteiger partial charge in [0.25, 0.3) is 0 Å². The zero-order valence-corrected chi connectivity index (χ0v) is 7.08. The van der Waals surface area contributed by atoms with Crippen molar-refractivity contribution in [1.29, 1.82) is 0 Å². The van der Waals surface area contributed by atoms with Crippen molar-refractivity contribution in [2.75, 3.05) is 6.67 Å². The second-order valence-electron chi connectivity index (χ2n) is 2.40. The van der Waals surface area contributed by atoms with Gasteiger partial charge in [0.05, 0.1) is 10.9 Å². The van der Waals surface area contributed by atoms with E-state index < -0.39 is 12.2 Å². The third-order valence-electron chi connectivity index (χ3n) is 1.92. The summed E-state index contributed by atoms with van der Waals surface area (Å²) in [4.78, 5) is 0. The van der Waals surface area contributed by atoms with Crippen LogP contribution in [0.1, 0.15) is 20.3 Å². The SMILES string of the molecule is CCC(CF)(NN)C(C)Cl. The molecular formula is C6H14ClFN2. The fourth-order valence-corrected chi connectivity index (χ4v) is 1.01. The maximum Gasteiger partial charge on any atom is 0.110 e. The van der Waals surface area contributed by atoms with Gasteiger partial charge in [-0.15, -0.1) is 11.6 Å². The molecule has 0 rings (SSSR count). The van der Waals surface area contributed by atoms with Crippen LogP contribution in [0.5, 0.6) is 0 Å². The van der Waals surface area contributed by atoms with Crippen LogP contribution >= 0.6 is 11.6 Å². The normalized spacial score (nSPS) is 20.1. The summed E-state index contributed by atoms with van der Waals surface area (Å²) < 4.78 is 12.3. The Morgan fingerprint density at radius 2 is 2.30 bits per heavy atom. The molecule has 0 saturated carbocycles. The minimum Gasteiger partial charge on any atom is -0.271 e. The lowest BCUT2D eigenvalue weighted by atomic mass is 9.95. The summed E-state index contributed by atoms with van der Waals surface area (Å²) in [7, 11) is 0. The van der Waals surface area contributed by atoms with E-state index in [0.29, 0.717) is 6.42 Å². The molecule has 0 saturated heterocycles. The molecule has 0 bridgehead atoms. The largest absolute Gasteiger partial charge is 0.271 e. The summed E-state index contributed by atoms with van der Waals surface area (Å²) in [6.45, 7) is 3.04. The zero-order chi connectivity index (χ0) is 8.20. The van der Waals surface area contributed by atoms with Crippen LogP contribution < -0.4 is 11.3 Å². The number of nitrogens with one attached hydrogen (secondary N) is 1. The van der Waals surface area contributed by atoms with Gasteiger partial charge in [-0.2, -0.15) is 0 Å². The van der Waals surface area contributed by atoms with Gasteiger partial charge in [0, 0.05) is 0 Å². The number of alkyl halides is 2. The Morgan fingerprint density at radius 3 is 2.30 bits per heavy atom. The molecule has 0 aromatic heterocycles. The first-order valence-corrected chi connectivity index (χ1v) is 3.74. The molecule has 0 aromatic rings. The Labute approximate surface area is 65.9 Å². The van der Waals surface area contributed by atoms with Crippen molar-refractivity contribution in [3.05, 3.63) is 0 Å². The van der Waals surface area contributed by atoms with E-state index >= 15 is 0 Å². The molecule has 10 heavy (non-hydrogen) atoms. The maximum absolute atomic E-state index is 12.3. The summed E-state index contributed by atoms with van der Waals surface area (Å²) in [6, 6.07) is 0. The number of nitrogens with two attached hydrogens (primary N) is 1. The summed E-state index contributed by atoms with van der Waals surface area (Å²) in [6.07, 6.45) is 0.588. The van der Waals surface area contributed by atoms with Crippen LogP contribution in [0.25, 0.3) is 0 Å². The van der Waals surface area contributed by atoms with E-state index in [1.54, 1.807) is 6.92 Å². The third-order valence-corrected chi connectivity index (χ3v) is 2.34. The smallest absolute Gasteiger partial charge is 0.110 e. The molecule has 2 nitrogen and oxygen atoms in total. The third kappa shape index (κ3) is 1.81. The number of hydrazine groups is 1. The molecule has 3 N–H and O–H groups in total. The average molecular weight is 169 g/mol. The predicted octanol–water partition coefficient (Wildman–Crippen LogP) is 1.20. The molecule has 0 aromatic carbocycles. The topological polar surface area (TPSA) is 38.0 Å². The van der Waals surface area contributed by atoms with Crippen molar-refractivity contribution < 1.29 is 4.39 Å². The molecular weight excluding hydrogens is 155 g/mol. The molecule has 62 valence electrons. The van der Waals surface area contributed by atoms with Crippen molar-refractivity contribution in [3.63, 3.8) is 0 Å². The van der Waals surface area contributed by atoms with Crippen LogP contribution in [0, 0.1) is 0 Å². The van der Waals surface area contributed by atoms with E-state index in [4.69, 9.17) is 17.4 Å². The van der Waals surface area contributed by atoms with Crippen molar-refractivity contribution in [2.24, 2.45) is 5.84 Å². The summed E-state index contributed by atoms with van der Waals surface area (Å²) in [5.41, 5.74) is 1.66. The maximum atomic E-state index is 12.3. The standard InChI is InChI=1S/C6H14ClFN2/c1-3-6(4-8,10-9)5(2)7/h5,10H,3-4,9H2,1-2H3. The lowest BCUT2D eigenvalue weighted by Crippen LogP contribution is -2.56. The zero-order valence-electron chi connectivity index (χ0n) is 6.32. The molecule has 2 unspecified atom stereocenters. The van der Waals surface area contributed by atoms with Crippen molar-refractivity contribution in [1.82, 2.24) is 5.43 Å². The molecule has 0 aliphatic carbocycles. The first-order valence-electron chi connectivity index (χ1n) is 3.30. The molecule has 0 fully saturated rings. The minimum absolute atomic E-state index is 0.299. The van der Waals surface area contributed by atoms with Crippen LogP contribution in [-0.2, 0) is 0 Å².